The van der Waals surface area contributed by atoms with Crippen LogP contribution in [0.2, 0.25) is 0 Å². The molecule has 107 valence electrons. The van der Waals surface area contributed by atoms with E-state index in [1.54, 1.807) is 24.3 Å². The fraction of sp³-hybridized carbons (Fsp3) is 0.500. The average Bonchev–Trinajstić information content (AvgIpc) is 2.04. The van der Waals surface area contributed by atoms with Crippen LogP contribution in [0.25, 0.3) is 0 Å². The third-order valence-corrected chi connectivity index (χ3v) is 0. The van der Waals surface area contributed by atoms with E-state index in [2.05, 4.69) is 0 Å². The molecule has 0 saturated heterocycles. The Morgan fingerprint density at radius 2 is 0.611 bits per heavy atom. The van der Waals surface area contributed by atoms with E-state index in [0.717, 1.165) is 0 Å². The Labute approximate surface area is 119 Å². The van der Waals surface area contributed by atoms with Crippen molar-refractivity contribution in [3.63, 3.8) is 0 Å². The molecule has 0 spiro atoms. The Bertz CT molecular complexity index is 228. The molecule has 0 aromatic heterocycles. The molecule has 0 aliphatic rings. The normalized spacial score (nSPS) is 5.11. The SMILES string of the molecule is CC#N.CC#N.CC#N.CC#N.[Cu].[O-][Cl+3]([O-])([O-])[O-]. The van der Waals surface area contributed by atoms with Gasteiger partial charge in [-0.05, 0) is 0 Å². The first kappa shape index (κ1) is 36.0. The molecule has 1 radical (unpaired) electrons. The van der Waals surface area contributed by atoms with Gasteiger partial charge in [0.2, 0.25) is 0 Å². The quantitative estimate of drug-likeness (QED) is 0.431. The van der Waals surface area contributed by atoms with Crippen LogP contribution in [0.15, 0.2) is 0 Å². The van der Waals surface area contributed by atoms with E-state index in [1.165, 1.54) is 27.7 Å². The van der Waals surface area contributed by atoms with Crippen molar-refractivity contribution in [1.29, 1.82) is 21.0 Å². The van der Waals surface area contributed by atoms with Crippen molar-refractivity contribution in [2.24, 2.45) is 0 Å². The number of nitrogens with zero attached hydrogens (tertiary/aromatic N) is 4. The first-order chi connectivity index (χ1) is 7.66. The molecule has 0 aliphatic heterocycles. The zero-order valence-corrected chi connectivity index (χ0v) is 11.8. The largest absolute Gasteiger partial charge is 0.222 e. The molecule has 0 heterocycles. The molecular formula is C8H12ClCuN4O4-. The van der Waals surface area contributed by atoms with Gasteiger partial charge in [-0.25, -0.2) is 18.6 Å². The Balaban J connectivity index is -0.0000000252. The van der Waals surface area contributed by atoms with Crippen LogP contribution in [0.5, 0.6) is 0 Å². The minimum absolute atomic E-state index is 0. The molecule has 0 bridgehead atoms. The summed E-state index contributed by atoms with van der Waals surface area (Å²) in [6.07, 6.45) is 0. The number of hydrogen-bond acceptors (Lipinski definition) is 8. The van der Waals surface area contributed by atoms with Crippen LogP contribution in [0, 0.1) is 55.6 Å². The second-order valence-corrected chi connectivity index (χ2v) is 2.03. The van der Waals surface area contributed by atoms with Crippen LogP contribution in [0.3, 0.4) is 0 Å². The van der Waals surface area contributed by atoms with Crippen molar-refractivity contribution in [3.05, 3.63) is 0 Å². The van der Waals surface area contributed by atoms with Crippen LogP contribution >= 0.6 is 0 Å². The third kappa shape index (κ3) is 1400. The maximum Gasteiger partial charge on any atom is 0.0587 e. The smallest absolute Gasteiger partial charge is 0.0587 e. The molecule has 0 aromatic carbocycles. The molecule has 8 nitrogen and oxygen atoms in total. The average molecular weight is 327 g/mol. The maximum absolute atomic E-state index is 8.49. The molecule has 0 rings (SSSR count). The topological polar surface area (TPSA) is 187 Å². The Kier molecular flexibility index (Phi) is 89.8. The van der Waals surface area contributed by atoms with Crippen molar-refractivity contribution < 1.29 is 45.9 Å². The molecule has 0 N–H and O–H groups in total. The van der Waals surface area contributed by atoms with Crippen LogP contribution in [-0.2, 0) is 17.1 Å². The second kappa shape index (κ2) is 44.9. The van der Waals surface area contributed by atoms with Crippen molar-refractivity contribution in [2.75, 3.05) is 0 Å². The summed E-state index contributed by atoms with van der Waals surface area (Å²) in [6, 6.07) is 7.00. The summed E-state index contributed by atoms with van der Waals surface area (Å²) in [5.41, 5.74) is 0. The van der Waals surface area contributed by atoms with Crippen molar-refractivity contribution in [1.82, 2.24) is 0 Å². The number of rotatable bonds is 0. The van der Waals surface area contributed by atoms with Gasteiger partial charge in [-0.2, -0.15) is 21.0 Å². The summed E-state index contributed by atoms with van der Waals surface area (Å²) in [7, 11) is -4.94. The molecule has 0 aliphatic carbocycles. The van der Waals surface area contributed by atoms with E-state index in [1.807, 2.05) is 0 Å². The summed E-state index contributed by atoms with van der Waals surface area (Å²) in [4.78, 5) is 0. The van der Waals surface area contributed by atoms with Gasteiger partial charge in [-0.3, -0.25) is 0 Å². The molecular weight excluding hydrogens is 315 g/mol. The fourth-order valence-electron chi connectivity index (χ4n) is 0. The summed E-state index contributed by atoms with van der Waals surface area (Å²) >= 11 is 0. The summed E-state index contributed by atoms with van der Waals surface area (Å²) in [6.45, 7) is 5.72. The molecule has 0 atom stereocenters. The summed E-state index contributed by atoms with van der Waals surface area (Å²) < 4.78 is 34.0. The minimum atomic E-state index is -4.94. The zero-order chi connectivity index (χ0) is 15.3. The number of halogens is 1. The molecule has 18 heavy (non-hydrogen) atoms. The van der Waals surface area contributed by atoms with Gasteiger partial charge in [0.15, 0.2) is 0 Å². The van der Waals surface area contributed by atoms with Gasteiger partial charge in [-0.15, -0.1) is 10.2 Å². The first-order valence-electron chi connectivity index (χ1n) is 3.51. The molecule has 0 amide bonds. The minimum Gasteiger partial charge on any atom is -0.222 e. The van der Waals surface area contributed by atoms with Gasteiger partial charge >= 0.3 is 0 Å². The third-order valence-electron chi connectivity index (χ3n) is 0. The number of nitriles is 4. The van der Waals surface area contributed by atoms with Crippen molar-refractivity contribution in [2.45, 2.75) is 27.7 Å². The summed E-state index contributed by atoms with van der Waals surface area (Å²) in [5, 5.41) is 29.3. The summed E-state index contributed by atoms with van der Waals surface area (Å²) in [5.74, 6) is 0. The van der Waals surface area contributed by atoms with Crippen LogP contribution in [0.4, 0.5) is 0 Å². The van der Waals surface area contributed by atoms with Gasteiger partial charge in [0.25, 0.3) is 0 Å². The Morgan fingerprint density at radius 3 is 0.611 bits per heavy atom. The standard InChI is InChI=1S/4C2H3N.ClHO4.Cu/c4*1-2-3;2-1(3,4)5;/h4*1H3;(H,2,3,4,5);/p-1. The van der Waals surface area contributed by atoms with E-state index in [-0.39, 0.29) is 17.1 Å². The van der Waals surface area contributed by atoms with Gasteiger partial charge in [0.05, 0.1) is 24.3 Å². The van der Waals surface area contributed by atoms with Crippen LogP contribution < -0.4 is 18.6 Å². The van der Waals surface area contributed by atoms with Crippen LogP contribution in [0.1, 0.15) is 27.7 Å². The maximum atomic E-state index is 8.49. The number of hydrogen-bond donors (Lipinski definition) is 0. The second-order valence-electron chi connectivity index (χ2n) is 1.27. The molecule has 0 fully saturated rings. The van der Waals surface area contributed by atoms with Crippen molar-refractivity contribution >= 4 is 0 Å². The van der Waals surface area contributed by atoms with E-state index >= 15 is 0 Å². The van der Waals surface area contributed by atoms with Gasteiger partial charge in [0.1, 0.15) is 0 Å². The molecule has 10 heteroatoms. The molecule has 0 saturated carbocycles. The van der Waals surface area contributed by atoms with Crippen molar-refractivity contribution in [3.8, 4) is 24.3 Å². The predicted octanol–water partition coefficient (Wildman–Crippen LogP) is -2.64. The predicted molar refractivity (Wildman–Crippen MR) is 45.1 cm³/mol. The monoisotopic (exact) mass is 326 g/mol. The van der Waals surface area contributed by atoms with Gasteiger partial charge < -0.3 is 0 Å². The Hall–Kier alpha value is -1.39. The molecule has 0 aromatic rings. The van der Waals surface area contributed by atoms with E-state index < -0.39 is 10.2 Å². The Morgan fingerprint density at radius 1 is 0.611 bits per heavy atom. The zero-order valence-electron chi connectivity index (χ0n) is 10.1. The fourth-order valence-corrected chi connectivity index (χ4v) is 0. The van der Waals surface area contributed by atoms with E-state index in [0.29, 0.717) is 0 Å². The first-order valence-corrected chi connectivity index (χ1v) is 4.75. The van der Waals surface area contributed by atoms with Gasteiger partial charge in [0, 0.05) is 44.8 Å². The van der Waals surface area contributed by atoms with Crippen LogP contribution in [-0.4, -0.2) is 0 Å². The van der Waals surface area contributed by atoms with E-state index in [4.69, 9.17) is 39.7 Å². The van der Waals surface area contributed by atoms with E-state index in [9.17, 15) is 0 Å². The molecule has 0 unspecified atom stereocenters. The van der Waals surface area contributed by atoms with Gasteiger partial charge in [-0.1, -0.05) is 0 Å².